The molecule has 1 aromatic carbocycles. The Morgan fingerprint density at radius 2 is 1.80 bits per heavy atom. The number of rotatable bonds is 4. The van der Waals surface area contributed by atoms with Gasteiger partial charge in [0, 0.05) is 29.7 Å². The molecule has 0 radical (unpaired) electrons. The van der Waals surface area contributed by atoms with Crippen LogP contribution < -0.4 is 10.1 Å². The highest BCUT2D eigenvalue weighted by Gasteiger charge is 2.30. The highest BCUT2D eigenvalue weighted by Crippen LogP contribution is 2.26. The summed E-state index contributed by atoms with van der Waals surface area (Å²) in [5.41, 5.74) is 2.11. The highest BCUT2D eigenvalue weighted by atomic mass is 19.4. The van der Waals surface area contributed by atoms with Crippen molar-refractivity contribution >= 4 is 11.5 Å². The molecule has 0 unspecified atom stereocenters. The van der Waals surface area contributed by atoms with Crippen molar-refractivity contribution in [2.24, 2.45) is 0 Å². The number of nitrogens with one attached hydrogen (secondary N) is 1. The second kappa shape index (κ2) is 6.76. The lowest BCUT2D eigenvalue weighted by molar-refractivity contribution is -0.274. The van der Waals surface area contributed by atoms with Crippen LogP contribution in [-0.4, -0.2) is 21.3 Å². The van der Waals surface area contributed by atoms with Crippen LogP contribution in [0.5, 0.6) is 5.75 Å². The van der Waals surface area contributed by atoms with Crippen molar-refractivity contribution in [2.75, 3.05) is 5.32 Å². The zero-order chi connectivity index (χ0) is 17.9. The van der Waals surface area contributed by atoms with Gasteiger partial charge >= 0.3 is 6.36 Å². The molecule has 0 fully saturated rings. The van der Waals surface area contributed by atoms with Crippen molar-refractivity contribution in [2.45, 2.75) is 13.3 Å². The first-order chi connectivity index (χ1) is 11.9. The first-order valence-electron chi connectivity index (χ1n) is 7.28. The Morgan fingerprint density at radius 1 is 1.04 bits per heavy atom. The third kappa shape index (κ3) is 4.66. The fourth-order valence-electron chi connectivity index (χ4n) is 2.18. The molecule has 5 nitrogen and oxygen atoms in total. The summed E-state index contributed by atoms with van der Waals surface area (Å²) >= 11 is 0. The second-order valence-corrected chi connectivity index (χ2v) is 5.12. The Balaban J connectivity index is 1.80. The minimum Gasteiger partial charge on any atom is -0.406 e. The molecule has 1 N–H and O–H groups in total. The number of ether oxygens (including phenoxy) is 1. The molecule has 2 aromatic heterocycles. The van der Waals surface area contributed by atoms with E-state index in [0.29, 0.717) is 23.0 Å². The maximum atomic E-state index is 12.2. The fourth-order valence-corrected chi connectivity index (χ4v) is 2.18. The van der Waals surface area contributed by atoms with Crippen molar-refractivity contribution in [1.29, 1.82) is 0 Å². The van der Waals surface area contributed by atoms with Crippen LogP contribution in [0.2, 0.25) is 0 Å². The van der Waals surface area contributed by atoms with Crippen molar-refractivity contribution in [1.82, 2.24) is 15.0 Å². The minimum absolute atomic E-state index is 0.284. The average molecular weight is 346 g/mol. The zero-order valence-corrected chi connectivity index (χ0v) is 13.1. The summed E-state index contributed by atoms with van der Waals surface area (Å²) in [5, 5.41) is 3.04. The Hall–Kier alpha value is -3.16. The summed E-state index contributed by atoms with van der Waals surface area (Å²) < 4.78 is 40.4. The normalized spacial score (nSPS) is 11.2. The number of hydrogen-bond donors (Lipinski definition) is 1. The van der Waals surface area contributed by atoms with E-state index in [9.17, 15) is 13.2 Å². The molecule has 0 bridgehead atoms. The van der Waals surface area contributed by atoms with Gasteiger partial charge in [0.05, 0.1) is 5.69 Å². The van der Waals surface area contributed by atoms with Gasteiger partial charge in [-0.25, -0.2) is 9.97 Å². The standard InChI is InChI=1S/C17H13F3N4O/c1-11-22-15(12-3-2-8-21-10-12)9-16(23-11)24-13-4-6-14(7-5-13)25-17(18,19)20/h2-10H,1H3,(H,22,23,24). The van der Waals surface area contributed by atoms with Gasteiger partial charge in [0.25, 0.3) is 0 Å². The molecule has 0 aliphatic heterocycles. The van der Waals surface area contributed by atoms with Gasteiger partial charge < -0.3 is 10.1 Å². The van der Waals surface area contributed by atoms with Crippen LogP contribution in [0, 0.1) is 6.92 Å². The molecule has 0 saturated carbocycles. The van der Waals surface area contributed by atoms with Gasteiger partial charge in [-0.1, -0.05) is 0 Å². The second-order valence-electron chi connectivity index (χ2n) is 5.12. The molecule has 0 spiro atoms. The molecule has 3 aromatic rings. The van der Waals surface area contributed by atoms with Gasteiger partial charge in [-0.2, -0.15) is 0 Å². The topological polar surface area (TPSA) is 59.9 Å². The monoisotopic (exact) mass is 346 g/mol. The smallest absolute Gasteiger partial charge is 0.406 e. The van der Waals surface area contributed by atoms with Crippen molar-refractivity contribution in [3.8, 4) is 17.0 Å². The zero-order valence-electron chi connectivity index (χ0n) is 13.1. The van der Waals surface area contributed by atoms with E-state index in [1.54, 1.807) is 31.5 Å². The summed E-state index contributed by atoms with van der Waals surface area (Å²) in [6, 6.07) is 10.8. The maximum Gasteiger partial charge on any atom is 0.573 e. The summed E-state index contributed by atoms with van der Waals surface area (Å²) in [5.74, 6) is 0.796. The number of benzene rings is 1. The van der Waals surface area contributed by atoms with Crippen molar-refractivity contribution < 1.29 is 17.9 Å². The van der Waals surface area contributed by atoms with Gasteiger partial charge in [-0.15, -0.1) is 13.2 Å². The number of hydrogen-bond acceptors (Lipinski definition) is 5. The van der Waals surface area contributed by atoms with Crippen LogP contribution in [0.25, 0.3) is 11.3 Å². The number of nitrogens with zero attached hydrogens (tertiary/aromatic N) is 3. The van der Waals surface area contributed by atoms with E-state index in [2.05, 4.69) is 25.0 Å². The van der Waals surface area contributed by atoms with E-state index in [-0.39, 0.29) is 5.75 Å². The summed E-state index contributed by atoms with van der Waals surface area (Å²) in [7, 11) is 0. The lowest BCUT2D eigenvalue weighted by Crippen LogP contribution is -2.16. The average Bonchev–Trinajstić information content (AvgIpc) is 2.56. The Labute approximate surface area is 141 Å². The molecule has 0 amide bonds. The van der Waals surface area contributed by atoms with Crippen LogP contribution in [-0.2, 0) is 0 Å². The number of halogens is 3. The third-order valence-corrected chi connectivity index (χ3v) is 3.16. The number of aryl methyl sites for hydroxylation is 1. The van der Waals surface area contributed by atoms with Crippen LogP contribution in [0.4, 0.5) is 24.7 Å². The Bertz CT molecular complexity index is 852. The third-order valence-electron chi connectivity index (χ3n) is 3.16. The van der Waals surface area contributed by atoms with Crippen molar-refractivity contribution in [3.63, 3.8) is 0 Å². The first kappa shape index (κ1) is 16.7. The van der Waals surface area contributed by atoms with Crippen LogP contribution in [0.15, 0.2) is 54.9 Å². The summed E-state index contributed by atoms with van der Waals surface area (Å²) in [6.07, 6.45) is -1.35. The van der Waals surface area contributed by atoms with E-state index in [1.807, 2.05) is 6.07 Å². The number of alkyl halides is 3. The molecule has 3 rings (SSSR count). The van der Waals surface area contributed by atoms with Gasteiger partial charge in [0.1, 0.15) is 17.4 Å². The van der Waals surface area contributed by atoms with Crippen LogP contribution in [0.3, 0.4) is 0 Å². The predicted octanol–water partition coefficient (Wildman–Crippen LogP) is 4.49. The van der Waals surface area contributed by atoms with Crippen molar-refractivity contribution in [3.05, 3.63) is 60.7 Å². The summed E-state index contributed by atoms with van der Waals surface area (Å²) in [6.45, 7) is 1.76. The van der Waals surface area contributed by atoms with E-state index < -0.39 is 6.36 Å². The minimum atomic E-state index is -4.71. The largest absolute Gasteiger partial charge is 0.573 e. The Morgan fingerprint density at radius 3 is 2.44 bits per heavy atom. The van der Waals surface area contributed by atoms with Crippen LogP contribution >= 0.6 is 0 Å². The van der Waals surface area contributed by atoms with Crippen LogP contribution in [0.1, 0.15) is 5.82 Å². The SMILES string of the molecule is Cc1nc(Nc2ccc(OC(F)(F)F)cc2)cc(-c2cccnc2)n1. The van der Waals surface area contributed by atoms with E-state index >= 15 is 0 Å². The molecule has 0 saturated heterocycles. The molecule has 0 aliphatic carbocycles. The lowest BCUT2D eigenvalue weighted by Gasteiger charge is -2.11. The first-order valence-corrected chi connectivity index (χ1v) is 7.28. The number of aromatic nitrogens is 3. The van der Waals surface area contributed by atoms with Gasteiger partial charge in [-0.3, -0.25) is 4.98 Å². The molecular formula is C17H13F3N4O. The molecule has 0 aliphatic rings. The predicted molar refractivity (Wildman–Crippen MR) is 86.4 cm³/mol. The van der Waals surface area contributed by atoms with Gasteiger partial charge in [0.15, 0.2) is 0 Å². The molecule has 128 valence electrons. The Kier molecular flexibility index (Phi) is 4.51. The molecule has 25 heavy (non-hydrogen) atoms. The number of pyridine rings is 1. The van der Waals surface area contributed by atoms with Gasteiger partial charge in [-0.05, 0) is 43.3 Å². The fraction of sp³-hybridized carbons (Fsp3) is 0.118. The molecule has 2 heterocycles. The molecule has 0 atom stereocenters. The molecular weight excluding hydrogens is 333 g/mol. The quantitative estimate of drug-likeness (QED) is 0.754. The van der Waals surface area contributed by atoms with Gasteiger partial charge in [0.2, 0.25) is 0 Å². The number of anilines is 2. The van der Waals surface area contributed by atoms with E-state index in [1.165, 1.54) is 24.3 Å². The maximum absolute atomic E-state index is 12.2. The molecule has 8 heteroatoms. The summed E-state index contributed by atoms with van der Waals surface area (Å²) in [4.78, 5) is 12.7. The lowest BCUT2D eigenvalue weighted by atomic mass is 10.2. The highest BCUT2D eigenvalue weighted by molar-refractivity contribution is 5.65. The van der Waals surface area contributed by atoms with E-state index in [4.69, 9.17) is 0 Å². The van der Waals surface area contributed by atoms with E-state index in [0.717, 1.165) is 5.56 Å².